The van der Waals surface area contributed by atoms with Crippen molar-refractivity contribution in [2.45, 2.75) is 45.5 Å². The van der Waals surface area contributed by atoms with E-state index in [0.717, 1.165) is 4.68 Å². The molecule has 3 rings (SSSR count). The van der Waals surface area contributed by atoms with Gasteiger partial charge in [0.05, 0.1) is 10.7 Å². The van der Waals surface area contributed by atoms with Crippen molar-refractivity contribution >= 4 is 40.6 Å². The number of anilines is 2. The summed E-state index contributed by atoms with van der Waals surface area (Å²) in [6, 6.07) is 3.57. The van der Waals surface area contributed by atoms with Gasteiger partial charge >= 0.3 is 6.18 Å². The van der Waals surface area contributed by atoms with Gasteiger partial charge in [0.15, 0.2) is 11.7 Å². The predicted molar refractivity (Wildman–Crippen MR) is 103 cm³/mol. The van der Waals surface area contributed by atoms with Gasteiger partial charge in [-0.1, -0.05) is 44.0 Å². The van der Waals surface area contributed by atoms with Crippen LogP contribution in [0.2, 0.25) is 10.0 Å². The molecular weight excluding hydrogens is 416 g/mol. The average Bonchev–Trinajstić information content (AvgIpc) is 2.98. The average molecular weight is 435 g/mol. The maximum atomic E-state index is 13.6. The minimum absolute atomic E-state index is 0.141. The van der Waals surface area contributed by atoms with Gasteiger partial charge < -0.3 is 10.6 Å². The standard InChI is InChI=1S/C18H19Cl2F3N4O/c1-17(2,3)13-8-14(18(21,22)23)27-15(25-13)7-12(26-27)16(28)24-11-5-4-9(19)6-10(11)20/h4-7,13-14,25H,8H2,1-3H3,(H,24,28). The first-order chi connectivity index (χ1) is 12.9. The fourth-order valence-corrected chi connectivity index (χ4v) is 3.49. The topological polar surface area (TPSA) is 59.0 Å². The van der Waals surface area contributed by atoms with Gasteiger partial charge in [-0.3, -0.25) is 4.79 Å². The monoisotopic (exact) mass is 434 g/mol. The van der Waals surface area contributed by atoms with Crippen molar-refractivity contribution in [3.63, 3.8) is 0 Å². The lowest BCUT2D eigenvalue weighted by atomic mass is 9.82. The van der Waals surface area contributed by atoms with Gasteiger partial charge in [-0.25, -0.2) is 4.68 Å². The highest BCUT2D eigenvalue weighted by molar-refractivity contribution is 6.36. The van der Waals surface area contributed by atoms with E-state index in [-0.39, 0.29) is 28.6 Å². The molecule has 10 heteroatoms. The van der Waals surface area contributed by atoms with Crippen LogP contribution in [-0.2, 0) is 0 Å². The van der Waals surface area contributed by atoms with Crippen molar-refractivity contribution in [3.8, 4) is 0 Å². The van der Waals surface area contributed by atoms with E-state index in [0.29, 0.717) is 5.02 Å². The molecule has 0 spiro atoms. The Labute approximate surface area is 170 Å². The number of rotatable bonds is 2. The maximum Gasteiger partial charge on any atom is 0.410 e. The van der Waals surface area contributed by atoms with E-state index in [4.69, 9.17) is 23.2 Å². The fourth-order valence-electron chi connectivity index (χ4n) is 3.03. The number of carbonyl (C=O) groups is 1. The smallest absolute Gasteiger partial charge is 0.367 e. The number of alkyl halides is 3. The molecule has 0 radical (unpaired) electrons. The molecule has 2 heterocycles. The van der Waals surface area contributed by atoms with Crippen LogP contribution in [0.25, 0.3) is 0 Å². The Morgan fingerprint density at radius 1 is 1.25 bits per heavy atom. The largest absolute Gasteiger partial charge is 0.410 e. The Hall–Kier alpha value is -1.93. The molecule has 2 atom stereocenters. The zero-order chi connectivity index (χ0) is 20.9. The van der Waals surface area contributed by atoms with E-state index < -0.39 is 29.6 Å². The van der Waals surface area contributed by atoms with Crippen molar-refractivity contribution in [1.29, 1.82) is 0 Å². The molecule has 0 fully saturated rings. The molecule has 0 bridgehead atoms. The van der Waals surface area contributed by atoms with Crippen molar-refractivity contribution in [2.24, 2.45) is 5.41 Å². The molecule has 0 aliphatic carbocycles. The second-order valence-corrected chi connectivity index (χ2v) is 8.64. The third-order valence-corrected chi connectivity index (χ3v) is 5.20. The number of aromatic nitrogens is 2. The number of hydrogen-bond acceptors (Lipinski definition) is 3. The third kappa shape index (κ3) is 4.22. The lowest BCUT2D eigenvalue weighted by molar-refractivity contribution is -0.175. The molecule has 2 aromatic rings. The van der Waals surface area contributed by atoms with Crippen molar-refractivity contribution < 1.29 is 18.0 Å². The Kier molecular flexibility index (Phi) is 5.31. The summed E-state index contributed by atoms with van der Waals surface area (Å²) in [5.41, 5.74) is -0.259. The number of nitrogens with zero attached hydrogens (tertiary/aromatic N) is 2. The number of halogens is 5. The van der Waals surface area contributed by atoms with E-state index in [1.54, 1.807) is 0 Å². The fraction of sp³-hybridized carbons (Fsp3) is 0.444. The van der Waals surface area contributed by atoms with Crippen molar-refractivity contribution in [1.82, 2.24) is 9.78 Å². The summed E-state index contributed by atoms with van der Waals surface area (Å²) in [5.74, 6) is -0.512. The van der Waals surface area contributed by atoms with Gasteiger partial charge in [0, 0.05) is 17.1 Å². The molecule has 1 aromatic carbocycles. The summed E-state index contributed by atoms with van der Waals surface area (Å²) in [6.07, 6.45) is -4.66. The first-order valence-corrected chi connectivity index (χ1v) is 9.31. The highest BCUT2D eigenvalue weighted by Gasteiger charge is 2.48. The molecule has 1 amide bonds. The summed E-state index contributed by atoms with van der Waals surface area (Å²) in [7, 11) is 0. The number of benzene rings is 1. The number of hydrogen-bond donors (Lipinski definition) is 2. The minimum Gasteiger partial charge on any atom is -0.367 e. The van der Waals surface area contributed by atoms with E-state index in [1.165, 1.54) is 24.3 Å². The van der Waals surface area contributed by atoms with Crippen LogP contribution >= 0.6 is 23.2 Å². The van der Waals surface area contributed by atoms with Crippen LogP contribution < -0.4 is 10.6 Å². The van der Waals surface area contributed by atoms with E-state index in [2.05, 4.69) is 15.7 Å². The minimum atomic E-state index is -4.49. The molecule has 0 saturated carbocycles. The summed E-state index contributed by atoms with van der Waals surface area (Å²) in [4.78, 5) is 12.5. The second kappa shape index (κ2) is 7.15. The lowest BCUT2D eigenvalue weighted by Gasteiger charge is -2.39. The predicted octanol–water partition coefficient (Wildman–Crippen LogP) is 5.78. The van der Waals surface area contributed by atoms with Gasteiger partial charge in [0.25, 0.3) is 5.91 Å². The van der Waals surface area contributed by atoms with Crippen LogP contribution in [0.4, 0.5) is 24.7 Å². The zero-order valence-corrected chi connectivity index (χ0v) is 16.9. The summed E-state index contributed by atoms with van der Waals surface area (Å²) < 4.78 is 41.7. The quantitative estimate of drug-likeness (QED) is 0.629. The van der Waals surface area contributed by atoms with Crippen LogP contribution in [0.1, 0.15) is 43.7 Å². The van der Waals surface area contributed by atoms with Gasteiger partial charge in [-0.2, -0.15) is 18.3 Å². The summed E-state index contributed by atoms with van der Waals surface area (Å²) in [5, 5.41) is 10.1. The molecule has 152 valence electrons. The molecule has 0 saturated heterocycles. The lowest BCUT2D eigenvalue weighted by Crippen LogP contribution is -2.44. The molecule has 2 N–H and O–H groups in total. The van der Waals surface area contributed by atoms with Gasteiger partial charge in [0.2, 0.25) is 0 Å². The first kappa shape index (κ1) is 20.8. The SMILES string of the molecule is CC(C)(C)C1CC(C(F)(F)F)n2nc(C(=O)Nc3ccc(Cl)cc3Cl)cc2N1. The van der Waals surface area contributed by atoms with Crippen LogP contribution in [-0.4, -0.2) is 27.9 Å². The Bertz CT molecular complexity index is 905. The van der Waals surface area contributed by atoms with Crippen molar-refractivity contribution in [3.05, 3.63) is 40.0 Å². The number of fused-ring (bicyclic) bond motifs is 1. The summed E-state index contributed by atoms with van der Waals surface area (Å²) in [6.45, 7) is 5.58. The van der Waals surface area contributed by atoms with Gasteiger partial charge in [-0.05, 0) is 30.0 Å². The van der Waals surface area contributed by atoms with Crippen LogP contribution in [0, 0.1) is 5.41 Å². The van der Waals surface area contributed by atoms with Crippen LogP contribution in [0.3, 0.4) is 0 Å². The van der Waals surface area contributed by atoms with E-state index in [1.807, 2.05) is 20.8 Å². The molecule has 28 heavy (non-hydrogen) atoms. The van der Waals surface area contributed by atoms with Gasteiger partial charge in [-0.15, -0.1) is 0 Å². The van der Waals surface area contributed by atoms with E-state index in [9.17, 15) is 18.0 Å². The molecule has 5 nitrogen and oxygen atoms in total. The third-order valence-electron chi connectivity index (χ3n) is 4.65. The number of amides is 1. The van der Waals surface area contributed by atoms with E-state index >= 15 is 0 Å². The molecule has 1 aromatic heterocycles. The highest BCUT2D eigenvalue weighted by Crippen LogP contribution is 2.43. The number of nitrogens with one attached hydrogen (secondary N) is 2. The molecule has 2 unspecified atom stereocenters. The van der Waals surface area contributed by atoms with Gasteiger partial charge in [0.1, 0.15) is 5.82 Å². The normalized spacial score (nSPS) is 19.7. The maximum absolute atomic E-state index is 13.6. The Morgan fingerprint density at radius 2 is 1.93 bits per heavy atom. The highest BCUT2D eigenvalue weighted by atomic mass is 35.5. The zero-order valence-electron chi connectivity index (χ0n) is 15.4. The van der Waals surface area contributed by atoms with Crippen LogP contribution in [0.15, 0.2) is 24.3 Å². The van der Waals surface area contributed by atoms with Crippen LogP contribution in [0.5, 0.6) is 0 Å². The Morgan fingerprint density at radius 3 is 2.50 bits per heavy atom. The second-order valence-electron chi connectivity index (χ2n) is 7.79. The molecule has 1 aliphatic rings. The van der Waals surface area contributed by atoms with Crippen molar-refractivity contribution in [2.75, 3.05) is 10.6 Å². The first-order valence-electron chi connectivity index (χ1n) is 8.55. The molecular formula is C18H19Cl2F3N4O. The molecule has 1 aliphatic heterocycles. The number of carbonyl (C=O) groups excluding carboxylic acids is 1. The Balaban J connectivity index is 1.92. The summed E-state index contributed by atoms with van der Waals surface area (Å²) >= 11 is 11.8.